The van der Waals surface area contributed by atoms with Crippen LogP contribution in [0.15, 0.2) is 29.1 Å². The van der Waals surface area contributed by atoms with Crippen LogP contribution in [0.3, 0.4) is 0 Å². The van der Waals surface area contributed by atoms with E-state index in [0.717, 1.165) is 18.2 Å². The SMILES string of the molecule is CC(C)(n1c(C(F)(F)F)nn(CCNC(=O)c2ccccc2C(F)(F)F)c1=O)C(F)(F)F. The van der Waals surface area contributed by atoms with Gasteiger partial charge in [-0.2, -0.15) is 39.5 Å². The number of rotatable bonds is 5. The first kappa shape index (κ1) is 25.3. The van der Waals surface area contributed by atoms with E-state index in [1.165, 1.54) is 0 Å². The van der Waals surface area contributed by atoms with Gasteiger partial charge in [0.15, 0.2) is 0 Å². The van der Waals surface area contributed by atoms with Crippen molar-refractivity contribution in [1.82, 2.24) is 19.7 Å². The lowest BCUT2D eigenvalue weighted by Crippen LogP contribution is -2.49. The van der Waals surface area contributed by atoms with Gasteiger partial charge in [-0.1, -0.05) is 12.1 Å². The van der Waals surface area contributed by atoms with Crippen molar-refractivity contribution < 1.29 is 44.3 Å². The quantitative estimate of drug-likeness (QED) is 0.665. The molecule has 0 bridgehead atoms. The third-order valence-corrected chi connectivity index (χ3v) is 4.43. The maximum Gasteiger partial charge on any atom is 0.451 e. The first-order chi connectivity index (χ1) is 14.4. The number of benzene rings is 1. The third kappa shape index (κ3) is 4.91. The summed E-state index contributed by atoms with van der Waals surface area (Å²) in [5.74, 6) is -3.37. The molecule has 1 aromatic carbocycles. The van der Waals surface area contributed by atoms with Crippen molar-refractivity contribution in [3.8, 4) is 0 Å². The molecule has 0 aliphatic carbocycles. The second kappa shape index (κ2) is 8.16. The lowest BCUT2D eigenvalue weighted by molar-refractivity contribution is -0.211. The van der Waals surface area contributed by atoms with Crippen molar-refractivity contribution in [1.29, 1.82) is 0 Å². The van der Waals surface area contributed by atoms with E-state index in [9.17, 15) is 49.1 Å². The van der Waals surface area contributed by atoms with Gasteiger partial charge in [-0.15, -0.1) is 5.10 Å². The fourth-order valence-electron chi connectivity index (χ4n) is 2.67. The highest BCUT2D eigenvalue weighted by Crippen LogP contribution is 2.39. The van der Waals surface area contributed by atoms with E-state index in [0.29, 0.717) is 19.9 Å². The lowest BCUT2D eigenvalue weighted by Gasteiger charge is -2.29. The van der Waals surface area contributed by atoms with E-state index in [1.54, 1.807) is 0 Å². The third-order valence-electron chi connectivity index (χ3n) is 4.43. The second-order valence-electron chi connectivity index (χ2n) is 7.02. The molecular weight excluding hydrogens is 463 g/mol. The molecule has 32 heavy (non-hydrogen) atoms. The molecule has 0 saturated heterocycles. The van der Waals surface area contributed by atoms with Crippen LogP contribution in [0.2, 0.25) is 0 Å². The Morgan fingerprint density at radius 1 is 0.969 bits per heavy atom. The first-order valence-corrected chi connectivity index (χ1v) is 8.67. The maximum absolute atomic E-state index is 13.2. The number of alkyl halides is 9. The van der Waals surface area contributed by atoms with Crippen molar-refractivity contribution in [3.63, 3.8) is 0 Å². The summed E-state index contributed by atoms with van der Waals surface area (Å²) in [6, 6.07) is 3.67. The van der Waals surface area contributed by atoms with Gasteiger partial charge in [-0.05, 0) is 26.0 Å². The molecule has 1 N–H and O–H groups in total. The van der Waals surface area contributed by atoms with Gasteiger partial charge in [0.1, 0.15) is 5.54 Å². The van der Waals surface area contributed by atoms with Crippen LogP contribution < -0.4 is 11.0 Å². The number of aromatic nitrogens is 3. The average Bonchev–Trinajstić information content (AvgIpc) is 2.97. The molecule has 0 spiro atoms. The number of nitrogens with zero attached hydrogens (tertiary/aromatic N) is 3. The molecule has 0 fully saturated rings. The summed E-state index contributed by atoms with van der Waals surface area (Å²) in [4.78, 5) is 24.3. The summed E-state index contributed by atoms with van der Waals surface area (Å²) in [5, 5.41) is 4.87. The molecule has 1 amide bonds. The minimum atomic E-state index is -5.41. The van der Waals surface area contributed by atoms with Gasteiger partial charge in [0.25, 0.3) is 5.91 Å². The molecule has 178 valence electrons. The monoisotopic (exact) mass is 478 g/mol. The summed E-state index contributed by atoms with van der Waals surface area (Å²) in [5.41, 5.74) is -7.09. The molecule has 1 heterocycles. The maximum atomic E-state index is 13.2. The van der Waals surface area contributed by atoms with Gasteiger partial charge < -0.3 is 5.32 Å². The van der Waals surface area contributed by atoms with Crippen LogP contribution in [0.4, 0.5) is 39.5 Å². The Morgan fingerprint density at radius 3 is 2.03 bits per heavy atom. The van der Waals surface area contributed by atoms with E-state index in [4.69, 9.17) is 0 Å². The number of hydrogen-bond acceptors (Lipinski definition) is 3. The van der Waals surface area contributed by atoms with Crippen molar-refractivity contribution in [2.45, 2.75) is 44.5 Å². The molecule has 0 atom stereocenters. The van der Waals surface area contributed by atoms with Gasteiger partial charge in [0, 0.05) is 6.54 Å². The largest absolute Gasteiger partial charge is 0.451 e. The van der Waals surface area contributed by atoms with Crippen molar-refractivity contribution >= 4 is 5.91 Å². The smallest absolute Gasteiger partial charge is 0.350 e. The van der Waals surface area contributed by atoms with Crippen LogP contribution in [-0.2, 0) is 24.4 Å². The molecule has 0 unspecified atom stereocenters. The van der Waals surface area contributed by atoms with Gasteiger partial charge in [-0.25, -0.2) is 9.48 Å². The van der Waals surface area contributed by atoms with Crippen LogP contribution >= 0.6 is 0 Å². The summed E-state index contributed by atoms with van der Waals surface area (Å²) in [6.45, 7) is -0.814. The molecule has 0 aliphatic heterocycles. The lowest BCUT2D eigenvalue weighted by atomic mass is 10.0. The Labute approximate surface area is 173 Å². The normalized spacial score (nSPS) is 13.3. The van der Waals surface area contributed by atoms with E-state index in [2.05, 4.69) is 5.10 Å². The van der Waals surface area contributed by atoms with Gasteiger partial charge in [-0.3, -0.25) is 9.36 Å². The van der Waals surface area contributed by atoms with Crippen molar-refractivity contribution in [2.75, 3.05) is 6.54 Å². The number of amides is 1. The summed E-state index contributed by atoms with van der Waals surface area (Å²) >= 11 is 0. The second-order valence-corrected chi connectivity index (χ2v) is 7.02. The Bertz CT molecular complexity index is 1050. The van der Waals surface area contributed by atoms with E-state index in [-0.39, 0.29) is 4.68 Å². The average molecular weight is 478 g/mol. The molecule has 2 rings (SSSR count). The van der Waals surface area contributed by atoms with E-state index >= 15 is 0 Å². The molecule has 6 nitrogen and oxygen atoms in total. The summed E-state index contributed by atoms with van der Waals surface area (Å²) < 4.78 is 118. The highest BCUT2D eigenvalue weighted by atomic mass is 19.4. The number of carbonyl (C=O) groups is 1. The minimum absolute atomic E-state index is 0.0479. The Morgan fingerprint density at radius 2 is 1.53 bits per heavy atom. The fraction of sp³-hybridized carbons (Fsp3) is 0.471. The number of nitrogens with one attached hydrogen (secondary N) is 1. The molecule has 1 aromatic heterocycles. The molecule has 15 heteroatoms. The van der Waals surface area contributed by atoms with Crippen LogP contribution in [0.1, 0.15) is 35.6 Å². The van der Waals surface area contributed by atoms with Crippen LogP contribution in [0.25, 0.3) is 0 Å². The molecule has 0 saturated carbocycles. The van der Waals surface area contributed by atoms with E-state index in [1.807, 2.05) is 5.32 Å². The standard InChI is InChI=1S/C17H15F9N4O2/c1-14(2,17(24,25)26)30-12(16(21,22)23)28-29(13(30)32)8-7-27-11(31)9-5-3-4-6-10(9)15(18,19)20/h3-6H,7-8H2,1-2H3,(H,27,31). The fourth-order valence-corrected chi connectivity index (χ4v) is 2.67. The summed E-state index contributed by atoms with van der Waals surface area (Å²) in [6.07, 6.45) is -15.5. The highest BCUT2D eigenvalue weighted by molar-refractivity contribution is 5.95. The molecule has 0 radical (unpaired) electrons. The van der Waals surface area contributed by atoms with Crippen LogP contribution in [-0.4, -0.2) is 33.0 Å². The Balaban J connectivity index is 2.31. The zero-order valence-electron chi connectivity index (χ0n) is 16.3. The van der Waals surface area contributed by atoms with Crippen LogP contribution in [0.5, 0.6) is 0 Å². The Hall–Kier alpha value is -3.00. The number of halogens is 9. The van der Waals surface area contributed by atoms with Crippen molar-refractivity contribution in [2.24, 2.45) is 0 Å². The predicted octanol–water partition coefficient (Wildman–Crippen LogP) is 3.81. The van der Waals surface area contributed by atoms with Crippen molar-refractivity contribution in [3.05, 3.63) is 51.7 Å². The van der Waals surface area contributed by atoms with Gasteiger partial charge >= 0.3 is 24.2 Å². The zero-order valence-corrected chi connectivity index (χ0v) is 16.3. The van der Waals surface area contributed by atoms with Gasteiger partial charge in [0.2, 0.25) is 5.82 Å². The molecular formula is C17H15F9N4O2. The zero-order chi connectivity index (χ0) is 24.7. The molecule has 0 aliphatic rings. The number of hydrogen-bond donors (Lipinski definition) is 1. The highest BCUT2D eigenvalue weighted by Gasteiger charge is 2.54. The first-order valence-electron chi connectivity index (χ1n) is 8.67. The minimum Gasteiger partial charge on any atom is -0.350 e. The summed E-state index contributed by atoms with van der Waals surface area (Å²) in [7, 11) is 0. The van der Waals surface area contributed by atoms with E-state index < -0.39 is 70.3 Å². The molecule has 2 aromatic rings. The van der Waals surface area contributed by atoms with Crippen LogP contribution in [0, 0.1) is 0 Å². The van der Waals surface area contributed by atoms with Gasteiger partial charge in [0.05, 0.1) is 17.7 Å². The predicted molar refractivity (Wildman–Crippen MR) is 90.6 cm³/mol. The number of carbonyl (C=O) groups excluding carboxylic acids is 1. The topological polar surface area (TPSA) is 68.9 Å². The Kier molecular flexibility index (Phi) is 6.45.